The third-order valence-electron chi connectivity index (χ3n) is 5.55. The molecule has 1 aromatic heterocycles. The van der Waals surface area contributed by atoms with Crippen molar-refractivity contribution in [1.29, 1.82) is 0 Å². The number of carbonyl (C=O) groups is 2. The van der Waals surface area contributed by atoms with Gasteiger partial charge in [-0.05, 0) is 25.0 Å². The van der Waals surface area contributed by atoms with Gasteiger partial charge in [0.25, 0.3) is 0 Å². The number of carboxylic acid groups (broad SMARTS) is 1. The molecule has 3 fully saturated rings. The van der Waals surface area contributed by atoms with Gasteiger partial charge in [-0.15, -0.1) is 0 Å². The number of carboxylic acids is 1. The molecule has 0 unspecified atom stereocenters. The van der Waals surface area contributed by atoms with Crippen LogP contribution in [0.1, 0.15) is 18.6 Å². The number of rotatable bonds is 4. The fourth-order valence-electron chi connectivity index (χ4n) is 4.03. The van der Waals surface area contributed by atoms with E-state index in [9.17, 15) is 14.7 Å². The summed E-state index contributed by atoms with van der Waals surface area (Å²) in [7, 11) is 0. The number of hydrogen-bond acceptors (Lipinski definition) is 5. The molecule has 136 valence electrons. The number of carbonyl (C=O) groups excluding carboxylic acids is 1. The molecule has 0 spiro atoms. The smallest absolute Gasteiger partial charge is 0.309 e. The average molecular weight is 347 g/mol. The molecule has 0 aromatic carbocycles. The van der Waals surface area contributed by atoms with Crippen LogP contribution >= 0.6 is 0 Å². The minimum absolute atomic E-state index is 0.191. The summed E-state index contributed by atoms with van der Waals surface area (Å²) in [6.45, 7) is 4.63. The number of amides is 1. The summed E-state index contributed by atoms with van der Waals surface area (Å²) in [5.41, 5.74) is 0. The molecule has 7 nitrogen and oxygen atoms in total. The first-order valence-electron chi connectivity index (χ1n) is 9.10. The maximum atomic E-state index is 12.4. The standard InChI is InChI=1S/C18H25N3O4/c22-17(13-3-4-13)21-6-5-20-9-14(18(23)24)8-19(10-15(20)11-21)12-16-2-1-7-25-16/h1-2,7,13-15H,3-6,8-12H2,(H,23,24)/t14-,15-/m0/s1. The summed E-state index contributed by atoms with van der Waals surface area (Å²) >= 11 is 0. The fourth-order valence-corrected chi connectivity index (χ4v) is 4.03. The van der Waals surface area contributed by atoms with Crippen LogP contribution < -0.4 is 0 Å². The molecule has 2 atom stereocenters. The monoisotopic (exact) mass is 347 g/mol. The number of nitrogens with zero attached hydrogens (tertiary/aromatic N) is 3. The molecule has 3 aliphatic rings. The molecule has 1 saturated carbocycles. The van der Waals surface area contributed by atoms with Crippen molar-refractivity contribution in [1.82, 2.24) is 14.7 Å². The molecular formula is C18H25N3O4. The maximum absolute atomic E-state index is 12.4. The van der Waals surface area contributed by atoms with E-state index < -0.39 is 11.9 Å². The lowest BCUT2D eigenvalue weighted by atomic mass is 10.1. The maximum Gasteiger partial charge on any atom is 0.309 e. The van der Waals surface area contributed by atoms with Crippen LogP contribution in [0, 0.1) is 11.8 Å². The van der Waals surface area contributed by atoms with Crippen molar-refractivity contribution in [2.75, 3.05) is 39.3 Å². The Morgan fingerprint density at radius 2 is 1.96 bits per heavy atom. The molecule has 2 aliphatic heterocycles. The van der Waals surface area contributed by atoms with E-state index in [0.29, 0.717) is 26.2 Å². The molecule has 2 saturated heterocycles. The quantitative estimate of drug-likeness (QED) is 0.865. The van der Waals surface area contributed by atoms with Gasteiger partial charge in [-0.25, -0.2) is 0 Å². The molecule has 1 aromatic rings. The predicted molar refractivity (Wildman–Crippen MR) is 89.8 cm³/mol. The largest absolute Gasteiger partial charge is 0.481 e. The number of furan rings is 1. The second-order valence-electron chi connectivity index (χ2n) is 7.52. The van der Waals surface area contributed by atoms with Crippen LogP contribution in [0.3, 0.4) is 0 Å². The van der Waals surface area contributed by atoms with E-state index in [2.05, 4.69) is 9.80 Å². The fraction of sp³-hybridized carbons (Fsp3) is 0.667. The zero-order valence-electron chi connectivity index (χ0n) is 14.3. The van der Waals surface area contributed by atoms with Gasteiger partial charge in [-0.2, -0.15) is 0 Å². The molecule has 0 radical (unpaired) electrons. The van der Waals surface area contributed by atoms with Crippen molar-refractivity contribution in [3.63, 3.8) is 0 Å². The van der Waals surface area contributed by atoms with E-state index in [1.807, 2.05) is 17.0 Å². The SMILES string of the molecule is O=C(O)[C@H]1CN(Cc2ccco2)C[C@H]2CN(C(=O)C3CC3)CCN2C1. The minimum atomic E-state index is -0.749. The van der Waals surface area contributed by atoms with Crippen LogP contribution in [0.25, 0.3) is 0 Å². The van der Waals surface area contributed by atoms with E-state index >= 15 is 0 Å². The lowest BCUT2D eigenvalue weighted by Crippen LogP contribution is -2.57. The summed E-state index contributed by atoms with van der Waals surface area (Å²) in [6, 6.07) is 3.96. The highest BCUT2D eigenvalue weighted by molar-refractivity contribution is 5.81. The summed E-state index contributed by atoms with van der Waals surface area (Å²) in [6.07, 6.45) is 3.69. The Morgan fingerprint density at radius 3 is 2.64 bits per heavy atom. The van der Waals surface area contributed by atoms with Gasteiger partial charge in [0.05, 0.1) is 18.7 Å². The van der Waals surface area contributed by atoms with Gasteiger partial charge in [0, 0.05) is 51.2 Å². The third kappa shape index (κ3) is 3.72. The van der Waals surface area contributed by atoms with Crippen LogP contribution in [-0.2, 0) is 16.1 Å². The first kappa shape index (κ1) is 16.6. The van der Waals surface area contributed by atoms with Crippen LogP contribution in [0.4, 0.5) is 0 Å². The Bertz CT molecular complexity index is 628. The van der Waals surface area contributed by atoms with Gasteiger partial charge < -0.3 is 14.4 Å². The highest BCUT2D eigenvalue weighted by Crippen LogP contribution is 2.32. The average Bonchev–Trinajstić information content (AvgIpc) is 3.35. The summed E-state index contributed by atoms with van der Waals surface area (Å²) in [5, 5.41) is 9.58. The number of hydrogen-bond donors (Lipinski definition) is 1. The second kappa shape index (κ2) is 6.80. The highest BCUT2D eigenvalue weighted by Gasteiger charge is 2.40. The summed E-state index contributed by atoms with van der Waals surface area (Å²) in [4.78, 5) is 30.5. The zero-order valence-corrected chi connectivity index (χ0v) is 14.3. The highest BCUT2D eigenvalue weighted by atomic mass is 16.4. The molecule has 1 aliphatic carbocycles. The van der Waals surface area contributed by atoms with E-state index in [4.69, 9.17) is 4.42 Å². The molecular weight excluding hydrogens is 322 g/mol. The molecule has 4 rings (SSSR count). The molecule has 1 N–H and O–H groups in total. The van der Waals surface area contributed by atoms with Crippen molar-refractivity contribution < 1.29 is 19.1 Å². The first-order chi connectivity index (χ1) is 12.1. The number of piperazine rings is 1. The van der Waals surface area contributed by atoms with Gasteiger partial charge in [0.1, 0.15) is 5.76 Å². The van der Waals surface area contributed by atoms with Crippen molar-refractivity contribution in [3.05, 3.63) is 24.2 Å². The Labute approximate surface area is 147 Å². The van der Waals surface area contributed by atoms with Crippen LogP contribution in [0.2, 0.25) is 0 Å². The van der Waals surface area contributed by atoms with Crippen molar-refractivity contribution in [2.45, 2.75) is 25.4 Å². The Kier molecular flexibility index (Phi) is 4.52. The third-order valence-corrected chi connectivity index (χ3v) is 5.55. The van der Waals surface area contributed by atoms with Gasteiger partial charge in [-0.3, -0.25) is 19.4 Å². The van der Waals surface area contributed by atoms with Crippen LogP contribution in [0.15, 0.2) is 22.8 Å². The zero-order chi connectivity index (χ0) is 17.4. The van der Waals surface area contributed by atoms with Gasteiger partial charge in [0.2, 0.25) is 5.91 Å². The summed E-state index contributed by atoms with van der Waals surface area (Å²) < 4.78 is 5.44. The Morgan fingerprint density at radius 1 is 1.12 bits per heavy atom. The molecule has 7 heteroatoms. The van der Waals surface area contributed by atoms with Gasteiger partial charge >= 0.3 is 5.97 Å². The topological polar surface area (TPSA) is 77.2 Å². The lowest BCUT2D eigenvalue weighted by molar-refractivity contribution is -0.143. The van der Waals surface area contributed by atoms with Crippen molar-refractivity contribution in [3.8, 4) is 0 Å². The lowest BCUT2D eigenvalue weighted by Gasteiger charge is -2.41. The minimum Gasteiger partial charge on any atom is -0.481 e. The Hall–Kier alpha value is -1.86. The first-order valence-corrected chi connectivity index (χ1v) is 9.10. The second-order valence-corrected chi connectivity index (χ2v) is 7.52. The number of fused-ring (bicyclic) bond motifs is 1. The number of aliphatic carboxylic acids is 1. The molecule has 1 amide bonds. The molecule has 0 bridgehead atoms. The van der Waals surface area contributed by atoms with E-state index in [1.165, 1.54) is 0 Å². The summed E-state index contributed by atoms with van der Waals surface area (Å²) in [5.74, 6) is 0.214. The van der Waals surface area contributed by atoms with Crippen molar-refractivity contribution in [2.24, 2.45) is 11.8 Å². The van der Waals surface area contributed by atoms with Gasteiger partial charge in [-0.1, -0.05) is 0 Å². The predicted octanol–water partition coefficient (Wildman–Crippen LogP) is 0.719. The van der Waals surface area contributed by atoms with E-state index in [1.54, 1.807) is 6.26 Å². The molecule has 25 heavy (non-hydrogen) atoms. The normalized spacial score (nSPS) is 28.4. The Balaban J connectivity index is 1.48. The van der Waals surface area contributed by atoms with Crippen LogP contribution in [0.5, 0.6) is 0 Å². The van der Waals surface area contributed by atoms with E-state index in [0.717, 1.165) is 38.2 Å². The molecule has 3 heterocycles. The van der Waals surface area contributed by atoms with Gasteiger partial charge in [0.15, 0.2) is 0 Å². The van der Waals surface area contributed by atoms with Crippen molar-refractivity contribution >= 4 is 11.9 Å². The van der Waals surface area contributed by atoms with E-state index in [-0.39, 0.29) is 17.9 Å². The van der Waals surface area contributed by atoms with Crippen LogP contribution in [-0.4, -0.2) is 77.0 Å².